The highest BCUT2D eigenvalue weighted by molar-refractivity contribution is 7.89. The second kappa shape index (κ2) is 10.0. The average Bonchev–Trinajstić information content (AvgIpc) is 3.20. The van der Waals surface area contributed by atoms with Gasteiger partial charge in [0.15, 0.2) is 5.78 Å². The van der Waals surface area contributed by atoms with Gasteiger partial charge in [0.2, 0.25) is 15.8 Å². The molecule has 1 heterocycles. The number of carbonyl (C=O) groups is 3. The summed E-state index contributed by atoms with van der Waals surface area (Å²) in [7, 11) is -3.88. The Bertz CT molecular complexity index is 913. The van der Waals surface area contributed by atoms with Crippen molar-refractivity contribution in [3.8, 4) is 0 Å². The van der Waals surface area contributed by atoms with Gasteiger partial charge in [-0.3, -0.25) is 14.4 Å². The lowest BCUT2D eigenvalue weighted by Gasteiger charge is -2.25. The summed E-state index contributed by atoms with van der Waals surface area (Å²) in [6.45, 7) is 4.31. The monoisotopic (exact) mass is 448 g/mol. The molecule has 7 nitrogen and oxygen atoms in total. The summed E-state index contributed by atoms with van der Waals surface area (Å²) in [4.78, 5) is 38.4. The van der Waals surface area contributed by atoms with E-state index in [1.165, 1.54) is 12.1 Å². The minimum Gasteiger partial charge on any atom is -0.349 e. The molecule has 1 aliphatic carbocycles. The highest BCUT2D eigenvalue weighted by Crippen LogP contribution is 2.40. The summed E-state index contributed by atoms with van der Waals surface area (Å²) in [5.74, 6) is -1.67. The standard InChI is InChI=1S/C23H32N2O5S/c1-15(2)12-20(25-31(29,30)18-6-4-3-5-7-18)21(26)14-19-17-9-8-16(13-17)10-11-24-23(28)22(19)27/h3-7,15-17,19-20,25H,8-14H2,1-2H3,(H,24,28). The van der Waals surface area contributed by atoms with E-state index in [-0.39, 0.29) is 28.9 Å². The van der Waals surface area contributed by atoms with Crippen LogP contribution in [0.1, 0.15) is 52.4 Å². The summed E-state index contributed by atoms with van der Waals surface area (Å²) >= 11 is 0. The third-order valence-electron chi connectivity index (χ3n) is 6.42. The molecule has 1 aliphatic heterocycles. The Labute approximate surface area is 184 Å². The quantitative estimate of drug-likeness (QED) is 0.594. The number of amides is 1. The summed E-state index contributed by atoms with van der Waals surface area (Å²) in [6, 6.07) is 6.98. The van der Waals surface area contributed by atoms with E-state index in [9.17, 15) is 22.8 Å². The first-order chi connectivity index (χ1) is 14.7. The average molecular weight is 449 g/mol. The molecule has 4 unspecified atom stereocenters. The summed E-state index contributed by atoms with van der Waals surface area (Å²) in [5, 5.41) is 2.67. The van der Waals surface area contributed by atoms with E-state index in [1.807, 2.05) is 13.8 Å². The van der Waals surface area contributed by atoms with Crippen molar-refractivity contribution in [2.75, 3.05) is 6.54 Å². The Morgan fingerprint density at radius 2 is 1.84 bits per heavy atom. The number of sulfonamides is 1. The molecule has 3 rings (SSSR count). The highest BCUT2D eigenvalue weighted by Gasteiger charge is 2.41. The van der Waals surface area contributed by atoms with Crippen molar-refractivity contribution in [2.45, 2.75) is 63.3 Å². The van der Waals surface area contributed by atoms with Crippen LogP contribution in [-0.2, 0) is 24.4 Å². The number of benzene rings is 1. The molecule has 1 saturated carbocycles. The smallest absolute Gasteiger partial charge is 0.287 e. The van der Waals surface area contributed by atoms with Crippen LogP contribution in [0.25, 0.3) is 0 Å². The van der Waals surface area contributed by atoms with E-state index in [2.05, 4.69) is 10.0 Å². The first-order valence-corrected chi connectivity index (χ1v) is 12.6. The van der Waals surface area contributed by atoms with Crippen molar-refractivity contribution < 1.29 is 22.8 Å². The molecular formula is C23H32N2O5S. The summed E-state index contributed by atoms with van der Waals surface area (Å²) in [5.41, 5.74) is 0. The Balaban J connectivity index is 1.80. The SMILES string of the molecule is CC(C)CC(NS(=O)(=O)c1ccccc1)C(=O)CC1C(=O)C(=O)NCCC2CCC1C2. The largest absolute Gasteiger partial charge is 0.349 e. The van der Waals surface area contributed by atoms with Crippen molar-refractivity contribution in [3.63, 3.8) is 0 Å². The Kier molecular flexibility index (Phi) is 7.64. The Hall–Kier alpha value is -2.06. The molecular weight excluding hydrogens is 416 g/mol. The van der Waals surface area contributed by atoms with Crippen molar-refractivity contribution in [2.24, 2.45) is 23.7 Å². The number of fused-ring (bicyclic) bond motifs is 2. The van der Waals surface area contributed by atoms with Gasteiger partial charge >= 0.3 is 0 Å². The third-order valence-corrected chi connectivity index (χ3v) is 7.90. The second-order valence-corrected chi connectivity index (χ2v) is 11.0. The molecule has 0 radical (unpaired) electrons. The molecule has 2 aliphatic rings. The topological polar surface area (TPSA) is 109 Å². The maximum atomic E-state index is 13.3. The van der Waals surface area contributed by atoms with Gasteiger partial charge in [0.05, 0.1) is 10.9 Å². The fraction of sp³-hybridized carbons (Fsp3) is 0.609. The van der Waals surface area contributed by atoms with Crippen molar-refractivity contribution >= 4 is 27.5 Å². The predicted molar refractivity (Wildman–Crippen MR) is 117 cm³/mol. The second-order valence-electron chi connectivity index (χ2n) is 9.24. The number of nitrogens with one attached hydrogen (secondary N) is 2. The van der Waals surface area contributed by atoms with Crippen LogP contribution in [0.4, 0.5) is 0 Å². The van der Waals surface area contributed by atoms with Crippen LogP contribution in [-0.4, -0.2) is 38.5 Å². The molecule has 0 aromatic heterocycles. The van der Waals surface area contributed by atoms with E-state index in [0.29, 0.717) is 18.9 Å². The zero-order chi connectivity index (χ0) is 22.6. The Morgan fingerprint density at radius 1 is 1.13 bits per heavy atom. The Morgan fingerprint density at radius 3 is 2.52 bits per heavy atom. The van der Waals surface area contributed by atoms with E-state index in [1.54, 1.807) is 18.2 Å². The number of ketones is 2. The lowest BCUT2D eigenvalue weighted by atomic mass is 9.81. The molecule has 31 heavy (non-hydrogen) atoms. The first kappa shape index (κ1) is 23.6. The zero-order valence-electron chi connectivity index (χ0n) is 18.2. The van der Waals surface area contributed by atoms with Crippen molar-refractivity contribution in [1.82, 2.24) is 10.0 Å². The van der Waals surface area contributed by atoms with E-state index < -0.39 is 33.7 Å². The number of hydrogen-bond donors (Lipinski definition) is 2. The molecule has 1 saturated heterocycles. The fourth-order valence-electron chi connectivity index (χ4n) is 4.79. The summed E-state index contributed by atoms with van der Waals surface area (Å²) < 4.78 is 28.2. The molecule has 4 atom stereocenters. The van der Waals surface area contributed by atoms with Gasteiger partial charge in [0.1, 0.15) is 0 Å². The van der Waals surface area contributed by atoms with Crippen molar-refractivity contribution in [3.05, 3.63) is 30.3 Å². The van der Waals surface area contributed by atoms with Crippen LogP contribution in [0.3, 0.4) is 0 Å². The van der Waals surface area contributed by atoms with E-state index >= 15 is 0 Å². The van der Waals surface area contributed by atoms with Crippen molar-refractivity contribution in [1.29, 1.82) is 0 Å². The third kappa shape index (κ3) is 6.01. The first-order valence-electron chi connectivity index (χ1n) is 11.1. The highest BCUT2D eigenvalue weighted by atomic mass is 32.2. The molecule has 1 aromatic rings. The maximum Gasteiger partial charge on any atom is 0.287 e. The summed E-state index contributed by atoms with van der Waals surface area (Å²) in [6.07, 6.45) is 3.72. The van der Waals surface area contributed by atoms with E-state index in [0.717, 1.165) is 25.7 Å². The minimum absolute atomic E-state index is 0.00395. The molecule has 1 aromatic carbocycles. The lowest BCUT2D eigenvalue weighted by Crippen LogP contribution is -2.44. The van der Waals surface area contributed by atoms with Crippen LogP contribution in [0.2, 0.25) is 0 Å². The number of carbonyl (C=O) groups excluding carboxylic acids is 3. The number of hydrogen-bond acceptors (Lipinski definition) is 5. The van der Waals surface area contributed by atoms with Gasteiger partial charge in [-0.1, -0.05) is 38.5 Å². The maximum absolute atomic E-state index is 13.3. The molecule has 0 spiro atoms. The van der Waals surface area contributed by atoms with Gasteiger partial charge in [-0.15, -0.1) is 0 Å². The van der Waals surface area contributed by atoms with E-state index in [4.69, 9.17) is 0 Å². The molecule has 1 amide bonds. The van der Waals surface area contributed by atoms with Gasteiger partial charge in [-0.25, -0.2) is 13.1 Å². The molecule has 2 N–H and O–H groups in total. The van der Waals surface area contributed by atoms with Gasteiger partial charge < -0.3 is 5.32 Å². The van der Waals surface area contributed by atoms with Gasteiger partial charge in [0, 0.05) is 18.9 Å². The lowest BCUT2D eigenvalue weighted by molar-refractivity contribution is -0.142. The van der Waals surface area contributed by atoms with Gasteiger partial charge in [0.25, 0.3) is 5.91 Å². The molecule has 170 valence electrons. The van der Waals surface area contributed by atoms with Crippen LogP contribution in [0, 0.1) is 23.7 Å². The normalized spacial score (nSPS) is 25.5. The van der Waals surface area contributed by atoms with Crippen LogP contribution in [0.5, 0.6) is 0 Å². The van der Waals surface area contributed by atoms with Gasteiger partial charge in [-0.2, -0.15) is 0 Å². The number of Topliss-reactive ketones (excluding diaryl/α,β-unsaturated/α-hetero) is 2. The minimum atomic E-state index is -3.88. The van der Waals surface area contributed by atoms with Gasteiger partial charge in [-0.05, 0) is 55.6 Å². The fourth-order valence-corrected chi connectivity index (χ4v) is 6.04. The number of rotatable bonds is 8. The van der Waals surface area contributed by atoms with Crippen LogP contribution in [0.15, 0.2) is 35.2 Å². The molecule has 8 heteroatoms. The predicted octanol–water partition coefficient (Wildman–Crippen LogP) is 2.46. The molecule has 2 fully saturated rings. The van der Waals surface area contributed by atoms with Crippen LogP contribution >= 0.6 is 0 Å². The zero-order valence-corrected chi connectivity index (χ0v) is 19.0. The molecule has 2 bridgehead atoms. The van der Waals surface area contributed by atoms with Crippen LogP contribution < -0.4 is 10.0 Å².